The van der Waals surface area contributed by atoms with Gasteiger partial charge in [-0.15, -0.1) is 0 Å². The monoisotopic (exact) mass is 702 g/mol. The summed E-state index contributed by atoms with van der Waals surface area (Å²) in [6.45, 7) is 14.7. The maximum absolute atomic E-state index is 6.16. The highest BCUT2D eigenvalue weighted by atomic mass is 79.9. The van der Waals surface area contributed by atoms with Crippen LogP contribution in [0.25, 0.3) is 27.9 Å². The molecule has 0 N–H and O–H groups in total. The molecule has 0 unspecified atom stereocenters. The molecule has 2 aromatic heterocycles. The van der Waals surface area contributed by atoms with Crippen molar-refractivity contribution < 1.29 is 9.31 Å². The maximum atomic E-state index is 6.16. The van der Waals surface area contributed by atoms with Gasteiger partial charge in [-0.1, -0.05) is 61.7 Å². The van der Waals surface area contributed by atoms with Gasteiger partial charge in [0.15, 0.2) is 0 Å². The SMILES string of the molecule is Cc1cc2c(cc1Br)CC=C2.Cc1cc2ccn(C)c2cc1B1OC(C)(C)C(C)(C)O1.Cc1cc2ccn(C)c2cc1Br. The van der Waals surface area contributed by atoms with Crippen LogP contribution >= 0.6 is 31.9 Å². The van der Waals surface area contributed by atoms with Gasteiger partial charge in [0, 0.05) is 46.5 Å². The largest absolute Gasteiger partial charge is 0.495 e. The lowest BCUT2D eigenvalue weighted by Crippen LogP contribution is -2.41. The number of aromatic nitrogens is 2. The third-order valence-corrected chi connectivity index (χ3v) is 10.7. The van der Waals surface area contributed by atoms with E-state index in [9.17, 15) is 0 Å². The molecule has 0 amide bonds. The molecule has 7 rings (SSSR count). The van der Waals surface area contributed by atoms with Gasteiger partial charge in [-0.25, -0.2) is 0 Å². The third kappa shape index (κ3) is 6.46. The van der Waals surface area contributed by atoms with E-state index in [1.807, 2.05) is 0 Å². The number of aryl methyl sites for hydroxylation is 5. The quantitative estimate of drug-likeness (QED) is 0.163. The molecule has 43 heavy (non-hydrogen) atoms. The van der Waals surface area contributed by atoms with Crippen molar-refractivity contribution in [2.45, 2.75) is 66.1 Å². The first-order chi connectivity index (χ1) is 20.2. The van der Waals surface area contributed by atoms with E-state index < -0.39 is 0 Å². The normalized spacial score (nSPS) is 16.2. The summed E-state index contributed by atoms with van der Waals surface area (Å²) in [5.74, 6) is 0. The Morgan fingerprint density at radius 2 is 1.21 bits per heavy atom. The fourth-order valence-corrected chi connectivity index (χ4v) is 6.19. The van der Waals surface area contributed by atoms with Crippen molar-refractivity contribution in [2.24, 2.45) is 14.1 Å². The fourth-order valence-electron chi connectivity index (χ4n) is 5.46. The molecule has 224 valence electrons. The molecule has 5 aromatic rings. The van der Waals surface area contributed by atoms with Crippen molar-refractivity contribution >= 4 is 72.3 Å². The van der Waals surface area contributed by atoms with Crippen LogP contribution in [0.3, 0.4) is 0 Å². The number of allylic oxidation sites excluding steroid dienone is 1. The molecule has 7 heteroatoms. The maximum Gasteiger partial charge on any atom is 0.495 e. The lowest BCUT2D eigenvalue weighted by molar-refractivity contribution is 0.00578. The van der Waals surface area contributed by atoms with E-state index >= 15 is 0 Å². The van der Waals surface area contributed by atoms with Gasteiger partial charge >= 0.3 is 7.12 Å². The van der Waals surface area contributed by atoms with Crippen LogP contribution in [0.15, 0.2) is 75.9 Å². The predicted octanol–water partition coefficient (Wildman–Crippen LogP) is 9.36. The molecule has 0 spiro atoms. The Morgan fingerprint density at radius 1 is 0.698 bits per heavy atom. The molecule has 0 bridgehead atoms. The molecule has 0 atom stereocenters. The Hall–Kier alpha value is -2.58. The Bertz CT molecular complexity index is 1830. The van der Waals surface area contributed by atoms with Gasteiger partial charge < -0.3 is 18.4 Å². The second-order valence-electron chi connectivity index (χ2n) is 12.8. The molecule has 1 aliphatic carbocycles. The third-order valence-electron chi connectivity index (χ3n) is 9.00. The van der Waals surface area contributed by atoms with E-state index in [0.29, 0.717) is 0 Å². The zero-order valence-corrected chi connectivity index (χ0v) is 29.9. The second-order valence-corrected chi connectivity index (χ2v) is 14.5. The number of rotatable bonds is 1. The van der Waals surface area contributed by atoms with Crippen molar-refractivity contribution in [1.82, 2.24) is 9.13 Å². The molecular weight excluding hydrogens is 663 g/mol. The first kappa shape index (κ1) is 31.8. The summed E-state index contributed by atoms with van der Waals surface area (Å²) in [6, 6.07) is 17.4. The number of benzene rings is 3. The second kappa shape index (κ2) is 12.1. The standard InChI is InChI=1S/C16H22BNO2.C10H10BrN.C10H9Br/c1-11-9-12-7-8-18(6)14(12)10-13(11)17-19-15(2,3)16(4,5)20-17;1-7-5-8-3-4-12(2)10(8)6-9(7)11;1-7-5-8-3-2-4-9(8)6-10(7)11/h7-10H,1-6H3;3-6H,1-2H3;2-3,5-6H,4H2,1H3. The Balaban J connectivity index is 0.000000137. The molecule has 4 nitrogen and oxygen atoms in total. The van der Waals surface area contributed by atoms with Crippen LogP contribution < -0.4 is 5.46 Å². The van der Waals surface area contributed by atoms with Crippen LogP contribution in [-0.2, 0) is 29.8 Å². The van der Waals surface area contributed by atoms with E-state index in [1.165, 1.54) is 58.6 Å². The summed E-state index contributed by atoms with van der Waals surface area (Å²) in [5, 5.41) is 2.56. The van der Waals surface area contributed by atoms with Crippen LogP contribution in [0, 0.1) is 20.8 Å². The zero-order chi connectivity index (χ0) is 31.3. The minimum Gasteiger partial charge on any atom is -0.399 e. The first-order valence-electron chi connectivity index (χ1n) is 14.7. The highest BCUT2D eigenvalue weighted by Gasteiger charge is 2.52. The van der Waals surface area contributed by atoms with E-state index in [4.69, 9.17) is 9.31 Å². The molecule has 0 saturated carbocycles. The zero-order valence-electron chi connectivity index (χ0n) is 26.7. The average molecular weight is 704 g/mol. The van der Waals surface area contributed by atoms with Crippen LogP contribution in [0.1, 0.15) is 55.5 Å². The summed E-state index contributed by atoms with van der Waals surface area (Å²) >= 11 is 7.04. The summed E-state index contributed by atoms with van der Waals surface area (Å²) < 4.78 is 19.0. The van der Waals surface area contributed by atoms with Crippen molar-refractivity contribution in [3.8, 4) is 0 Å². The van der Waals surface area contributed by atoms with E-state index in [1.54, 1.807) is 0 Å². The molecule has 3 heterocycles. The van der Waals surface area contributed by atoms with E-state index in [-0.39, 0.29) is 18.3 Å². The van der Waals surface area contributed by atoms with Gasteiger partial charge in [-0.05, 0) is 130 Å². The summed E-state index contributed by atoms with van der Waals surface area (Å²) in [5.41, 5.74) is 9.63. The van der Waals surface area contributed by atoms with E-state index in [2.05, 4.69) is 177 Å². The van der Waals surface area contributed by atoms with Crippen LogP contribution in [0.4, 0.5) is 0 Å². The molecular formula is C36H41BBr2N2O2. The molecule has 2 aliphatic rings. The highest BCUT2D eigenvalue weighted by Crippen LogP contribution is 2.37. The van der Waals surface area contributed by atoms with Gasteiger partial charge in [0.1, 0.15) is 0 Å². The molecule has 1 aliphatic heterocycles. The topological polar surface area (TPSA) is 28.3 Å². The van der Waals surface area contributed by atoms with Crippen molar-refractivity contribution in [3.05, 3.63) is 104 Å². The average Bonchev–Trinajstić information content (AvgIpc) is 3.67. The highest BCUT2D eigenvalue weighted by molar-refractivity contribution is 9.10. The van der Waals surface area contributed by atoms with Crippen LogP contribution in [0.5, 0.6) is 0 Å². The summed E-state index contributed by atoms with van der Waals surface area (Å²) in [6.07, 6.45) is 9.65. The van der Waals surface area contributed by atoms with Gasteiger partial charge in [-0.3, -0.25) is 0 Å². The van der Waals surface area contributed by atoms with Gasteiger partial charge in [0.05, 0.1) is 11.2 Å². The van der Waals surface area contributed by atoms with E-state index in [0.717, 1.165) is 11.9 Å². The summed E-state index contributed by atoms with van der Waals surface area (Å²) in [4.78, 5) is 0. The molecule has 1 saturated heterocycles. The predicted molar refractivity (Wildman–Crippen MR) is 190 cm³/mol. The Labute approximate surface area is 273 Å². The van der Waals surface area contributed by atoms with Crippen LogP contribution in [0.2, 0.25) is 0 Å². The molecule has 1 fully saturated rings. The van der Waals surface area contributed by atoms with Gasteiger partial charge in [0.2, 0.25) is 0 Å². The lowest BCUT2D eigenvalue weighted by atomic mass is 9.76. The minimum absolute atomic E-state index is 0.292. The lowest BCUT2D eigenvalue weighted by Gasteiger charge is -2.32. The van der Waals surface area contributed by atoms with Crippen LogP contribution in [-0.4, -0.2) is 27.5 Å². The number of hydrogen-bond acceptors (Lipinski definition) is 2. The Morgan fingerprint density at radius 3 is 1.81 bits per heavy atom. The van der Waals surface area contributed by atoms with Gasteiger partial charge in [-0.2, -0.15) is 0 Å². The minimum atomic E-state index is -0.298. The number of hydrogen-bond donors (Lipinski definition) is 0. The van der Waals surface area contributed by atoms with Gasteiger partial charge in [0.25, 0.3) is 0 Å². The first-order valence-corrected chi connectivity index (χ1v) is 16.3. The summed E-state index contributed by atoms with van der Waals surface area (Å²) in [7, 11) is 3.83. The van der Waals surface area contributed by atoms with Crippen molar-refractivity contribution in [2.75, 3.05) is 0 Å². The number of fused-ring (bicyclic) bond motifs is 3. The van der Waals surface area contributed by atoms with Crippen molar-refractivity contribution in [3.63, 3.8) is 0 Å². The number of halogens is 2. The molecule has 3 aromatic carbocycles. The molecule has 0 radical (unpaired) electrons. The smallest absolute Gasteiger partial charge is 0.399 e. The Kier molecular flexibility index (Phi) is 8.94. The number of nitrogens with zero attached hydrogens (tertiary/aromatic N) is 2. The van der Waals surface area contributed by atoms with Crippen molar-refractivity contribution in [1.29, 1.82) is 0 Å². The fraction of sp³-hybridized carbons (Fsp3) is 0.333.